The Labute approximate surface area is 130 Å². The molecule has 3 aromatic rings. The van der Waals surface area contributed by atoms with Gasteiger partial charge in [-0.15, -0.1) is 0 Å². The summed E-state index contributed by atoms with van der Waals surface area (Å²) in [5.74, 6) is 1.96. The van der Waals surface area contributed by atoms with Crippen LogP contribution in [-0.4, -0.2) is 12.1 Å². The lowest BCUT2D eigenvalue weighted by Gasteiger charge is -2.10. The van der Waals surface area contributed by atoms with E-state index in [1.807, 2.05) is 30.3 Å². The fraction of sp³-hybridized carbons (Fsp3) is 0.0625. The van der Waals surface area contributed by atoms with Gasteiger partial charge in [-0.3, -0.25) is 0 Å². The summed E-state index contributed by atoms with van der Waals surface area (Å²) in [6, 6.07) is 13.1. The lowest BCUT2D eigenvalue weighted by atomic mass is 10.1. The molecule has 0 fully saturated rings. The number of nitrogens with zero attached hydrogens (tertiary/aromatic N) is 1. The van der Waals surface area contributed by atoms with Crippen LogP contribution in [0.25, 0.3) is 10.8 Å². The van der Waals surface area contributed by atoms with Crippen LogP contribution in [0.4, 0.5) is 5.69 Å². The first kappa shape index (κ1) is 13.7. The van der Waals surface area contributed by atoms with Crippen molar-refractivity contribution in [1.82, 2.24) is 4.98 Å². The quantitative estimate of drug-likeness (QED) is 0.716. The van der Waals surface area contributed by atoms with Crippen LogP contribution in [0.5, 0.6) is 17.4 Å². The molecule has 21 heavy (non-hydrogen) atoms. The molecular weight excluding hydrogens is 332 g/mol. The Balaban J connectivity index is 2.06. The van der Waals surface area contributed by atoms with Gasteiger partial charge in [0.05, 0.1) is 11.6 Å². The summed E-state index contributed by atoms with van der Waals surface area (Å²) in [6.45, 7) is 0. The fourth-order valence-electron chi connectivity index (χ4n) is 2.04. The predicted octanol–water partition coefficient (Wildman–Crippen LogP) is 4.38. The highest BCUT2D eigenvalue weighted by molar-refractivity contribution is 9.10. The van der Waals surface area contributed by atoms with Crippen LogP contribution in [0, 0.1) is 0 Å². The Morgan fingerprint density at radius 1 is 1.10 bits per heavy atom. The smallest absolute Gasteiger partial charge is 0.227 e. The Hall–Kier alpha value is -2.27. The molecule has 0 amide bonds. The molecule has 0 spiro atoms. The Kier molecular flexibility index (Phi) is 3.66. The summed E-state index contributed by atoms with van der Waals surface area (Å²) >= 11 is 3.45. The molecule has 0 aliphatic heterocycles. The van der Waals surface area contributed by atoms with E-state index in [1.54, 1.807) is 25.4 Å². The number of nitrogens with two attached hydrogens (primary N) is 1. The number of anilines is 1. The number of hydrogen-bond donors (Lipinski definition) is 1. The molecule has 5 heteroatoms. The highest BCUT2D eigenvalue weighted by atomic mass is 79.9. The maximum absolute atomic E-state index is 5.90. The van der Waals surface area contributed by atoms with Gasteiger partial charge in [-0.1, -0.05) is 0 Å². The van der Waals surface area contributed by atoms with Gasteiger partial charge in [0.1, 0.15) is 11.5 Å². The van der Waals surface area contributed by atoms with Crippen LogP contribution in [0.3, 0.4) is 0 Å². The average molecular weight is 345 g/mol. The van der Waals surface area contributed by atoms with E-state index in [4.69, 9.17) is 15.2 Å². The van der Waals surface area contributed by atoms with Crippen LogP contribution in [-0.2, 0) is 0 Å². The van der Waals surface area contributed by atoms with Crippen LogP contribution in [0.1, 0.15) is 0 Å². The van der Waals surface area contributed by atoms with E-state index in [-0.39, 0.29) is 0 Å². The van der Waals surface area contributed by atoms with Gasteiger partial charge in [-0.2, -0.15) is 0 Å². The van der Waals surface area contributed by atoms with E-state index < -0.39 is 0 Å². The van der Waals surface area contributed by atoms with Gasteiger partial charge in [0, 0.05) is 23.3 Å². The molecule has 2 aromatic carbocycles. The van der Waals surface area contributed by atoms with Crippen molar-refractivity contribution in [2.45, 2.75) is 0 Å². The second-order valence-corrected chi connectivity index (χ2v) is 5.35. The molecule has 106 valence electrons. The summed E-state index contributed by atoms with van der Waals surface area (Å²) in [7, 11) is 1.64. The van der Waals surface area contributed by atoms with Gasteiger partial charge in [0.25, 0.3) is 0 Å². The maximum Gasteiger partial charge on any atom is 0.227 e. The highest BCUT2D eigenvalue weighted by Crippen LogP contribution is 2.34. The normalized spacial score (nSPS) is 10.6. The zero-order chi connectivity index (χ0) is 14.8. The SMILES string of the molecule is COc1ccc2c(Oc3cc(N)ccc3Br)nccc2c1. The summed E-state index contributed by atoms with van der Waals surface area (Å²) in [6.07, 6.45) is 1.71. The summed E-state index contributed by atoms with van der Waals surface area (Å²) in [4.78, 5) is 4.30. The summed E-state index contributed by atoms with van der Waals surface area (Å²) < 4.78 is 12.0. The fourth-order valence-corrected chi connectivity index (χ4v) is 2.37. The minimum Gasteiger partial charge on any atom is -0.497 e. The molecule has 0 radical (unpaired) electrons. The van der Waals surface area contributed by atoms with Crippen LogP contribution >= 0.6 is 15.9 Å². The van der Waals surface area contributed by atoms with Gasteiger partial charge in [0.15, 0.2) is 0 Å². The van der Waals surface area contributed by atoms with Crippen LogP contribution < -0.4 is 15.2 Å². The highest BCUT2D eigenvalue weighted by Gasteiger charge is 2.09. The topological polar surface area (TPSA) is 57.4 Å². The van der Waals surface area contributed by atoms with Crippen LogP contribution in [0.15, 0.2) is 53.1 Å². The zero-order valence-electron chi connectivity index (χ0n) is 11.3. The van der Waals surface area contributed by atoms with Gasteiger partial charge in [-0.05, 0) is 57.7 Å². The second-order valence-electron chi connectivity index (χ2n) is 4.50. The van der Waals surface area contributed by atoms with Crippen molar-refractivity contribution in [3.05, 3.63) is 53.1 Å². The number of fused-ring (bicyclic) bond motifs is 1. The van der Waals surface area contributed by atoms with E-state index in [1.165, 1.54) is 0 Å². The van der Waals surface area contributed by atoms with Crippen molar-refractivity contribution in [1.29, 1.82) is 0 Å². The van der Waals surface area contributed by atoms with Gasteiger partial charge >= 0.3 is 0 Å². The largest absolute Gasteiger partial charge is 0.497 e. The molecule has 0 unspecified atom stereocenters. The molecule has 0 atom stereocenters. The molecule has 0 aliphatic rings. The molecule has 0 bridgehead atoms. The third kappa shape index (κ3) is 2.78. The monoisotopic (exact) mass is 344 g/mol. The van der Waals surface area contributed by atoms with Gasteiger partial charge in [0.2, 0.25) is 5.88 Å². The van der Waals surface area contributed by atoms with E-state index in [2.05, 4.69) is 20.9 Å². The van der Waals surface area contributed by atoms with Crippen molar-refractivity contribution in [3.8, 4) is 17.4 Å². The number of benzene rings is 2. The molecule has 0 saturated carbocycles. The minimum atomic E-state index is 0.529. The molecular formula is C16H13BrN2O2. The number of halogens is 1. The molecule has 1 aromatic heterocycles. The molecule has 4 nitrogen and oxygen atoms in total. The zero-order valence-corrected chi connectivity index (χ0v) is 12.9. The number of pyridine rings is 1. The lowest BCUT2D eigenvalue weighted by molar-refractivity contribution is 0.415. The average Bonchev–Trinajstić information content (AvgIpc) is 2.50. The maximum atomic E-state index is 5.90. The third-order valence-electron chi connectivity index (χ3n) is 3.10. The third-order valence-corrected chi connectivity index (χ3v) is 3.75. The first-order valence-electron chi connectivity index (χ1n) is 6.33. The number of hydrogen-bond acceptors (Lipinski definition) is 4. The molecule has 0 saturated heterocycles. The second kappa shape index (κ2) is 5.61. The van der Waals surface area contributed by atoms with Crippen molar-refractivity contribution >= 4 is 32.4 Å². The van der Waals surface area contributed by atoms with Gasteiger partial charge < -0.3 is 15.2 Å². The van der Waals surface area contributed by atoms with Crippen molar-refractivity contribution in [3.63, 3.8) is 0 Å². The number of nitrogen functional groups attached to an aromatic ring is 1. The molecule has 0 aliphatic carbocycles. The number of aromatic nitrogens is 1. The van der Waals surface area contributed by atoms with Gasteiger partial charge in [-0.25, -0.2) is 4.98 Å². The summed E-state index contributed by atoms with van der Waals surface area (Å²) in [5.41, 5.74) is 6.43. The molecule has 2 N–H and O–H groups in total. The first-order valence-corrected chi connectivity index (χ1v) is 7.12. The van der Waals surface area contributed by atoms with Crippen molar-refractivity contribution in [2.24, 2.45) is 0 Å². The van der Waals surface area contributed by atoms with E-state index in [0.29, 0.717) is 17.3 Å². The van der Waals surface area contributed by atoms with Crippen LogP contribution in [0.2, 0.25) is 0 Å². The first-order chi connectivity index (χ1) is 10.2. The Morgan fingerprint density at radius 2 is 1.95 bits per heavy atom. The number of methoxy groups -OCH3 is 1. The van der Waals surface area contributed by atoms with Crippen molar-refractivity contribution < 1.29 is 9.47 Å². The Bertz CT molecular complexity index is 805. The standard InChI is InChI=1S/C16H13BrN2O2/c1-20-12-3-4-13-10(8-12)6-7-19-16(13)21-15-9-11(18)2-5-14(15)17/h2-9H,18H2,1H3. The lowest BCUT2D eigenvalue weighted by Crippen LogP contribution is -1.92. The van der Waals surface area contributed by atoms with E-state index >= 15 is 0 Å². The minimum absolute atomic E-state index is 0.529. The molecule has 3 rings (SSSR count). The van der Waals surface area contributed by atoms with E-state index in [9.17, 15) is 0 Å². The Morgan fingerprint density at radius 3 is 2.76 bits per heavy atom. The molecule has 1 heterocycles. The van der Waals surface area contributed by atoms with E-state index in [0.717, 1.165) is 21.0 Å². The summed E-state index contributed by atoms with van der Waals surface area (Å²) in [5, 5.41) is 1.91. The number of rotatable bonds is 3. The number of ether oxygens (including phenoxy) is 2. The predicted molar refractivity (Wildman–Crippen MR) is 86.9 cm³/mol. The van der Waals surface area contributed by atoms with Crippen molar-refractivity contribution in [2.75, 3.05) is 12.8 Å².